The highest BCUT2D eigenvalue weighted by Crippen LogP contribution is 2.25. The molecule has 1 N–H and O–H groups in total. The molecule has 1 fully saturated rings. The molecular formula is C24H43NO5S2. The molecule has 6 nitrogen and oxygen atoms in total. The SMILES string of the molecule is CC(C)OC[C@@H]1C[C@H](O)CN1C(=O)CCCSSCCCC(=O)CCCCC(=O)C(C)C. The highest BCUT2D eigenvalue weighted by molar-refractivity contribution is 8.76. The van der Waals surface area contributed by atoms with Crippen molar-refractivity contribution < 1.29 is 24.2 Å². The van der Waals surface area contributed by atoms with Gasteiger partial charge in [0, 0.05) is 49.7 Å². The van der Waals surface area contributed by atoms with Crippen molar-refractivity contribution in [1.29, 1.82) is 0 Å². The van der Waals surface area contributed by atoms with Crippen LogP contribution in [0, 0.1) is 5.92 Å². The number of hydrogen-bond acceptors (Lipinski definition) is 7. The molecule has 0 aromatic rings. The zero-order valence-corrected chi connectivity index (χ0v) is 22.0. The van der Waals surface area contributed by atoms with E-state index in [4.69, 9.17) is 4.74 Å². The van der Waals surface area contributed by atoms with Crippen molar-refractivity contribution in [1.82, 2.24) is 4.90 Å². The summed E-state index contributed by atoms with van der Waals surface area (Å²) in [5.41, 5.74) is 0. The van der Waals surface area contributed by atoms with Gasteiger partial charge in [-0.25, -0.2) is 0 Å². The first-order chi connectivity index (χ1) is 15.2. The lowest BCUT2D eigenvalue weighted by molar-refractivity contribution is -0.133. The van der Waals surface area contributed by atoms with Crippen molar-refractivity contribution in [3.63, 3.8) is 0 Å². The number of rotatable bonds is 18. The topological polar surface area (TPSA) is 83.9 Å². The number of β-amino-alcohol motifs (C(OH)–C–C–N with tert-alkyl or cyclic N) is 1. The molecular weight excluding hydrogens is 446 g/mol. The first-order valence-electron chi connectivity index (χ1n) is 12.1. The van der Waals surface area contributed by atoms with Gasteiger partial charge in [-0.2, -0.15) is 0 Å². The van der Waals surface area contributed by atoms with Crippen molar-refractivity contribution in [2.45, 2.75) is 104 Å². The van der Waals surface area contributed by atoms with Gasteiger partial charge in [0.05, 0.1) is 24.9 Å². The molecule has 1 amide bonds. The maximum absolute atomic E-state index is 12.5. The van der Waals surface area contributed by atoms with E-state index in [1.54, 1.807) is 26.5 Å². The van der Waals surface area contributed by atoms with E-state index < -0.39 is 6.10 Å². The quantitative estimate of drug-likeness (QED) is 0.221. The van der Waals surface area contributed by atoms with Crippen LogP contribution in [0.3, 0.4) is 0 Å². The summed E-state index contributed by atoms with van der Waals surface area (Å²) in [6.07, 6.45) is 5.86. The van der Waals surface area contributed by atoms with Gasteiger partial charge >= 0.3 is 0 Å². The predicted molar refractivity (Wildman–Crippen MR) is 134 cm³/mol. The van der Waals surface area contributed by atoms with Gasteiger partial charge in [-0.3, -0.25) is 14.4 Å². The van der Waals surface area contributed by atoms with E-state index in [0.717, 1.165) is 37.2 Å². The number of aliphatic hydroxyl groups excluding tert-OH is 1. The lowest BCUT2D eigenvalue weighted by Gasteiger charge is -2.25. The third kappa shape index (κ3) is 13.2. The van der Waals surface area contributed by atoms with Gasteiger partial charge < -0.3 is 14.7 Å². The Labute approximate surface area is 202 Å². The predicted octanol–water partition coefficient (Wildman–Crippen LogP) is 4.67. The van der Waals surface area contributed by atoms with Crippen LogP contribution in [0.4, 0.5) is 0 Å². The van der Waals surface area contributed by atoms with Gasteiger partial charge in [0.1, 0.15) is 11.6 Å². The number of amides is 1. The van der Waals surface area contributed by atoms with E-state index in [1.807, 2.05) is 27.7 Å². The molecule has 1 saturated heterocycles. The number of ether oxygens (including phenoxy) is 1. The van der Waals surface area contributed by atoms with Gasteiger partial charge in [0.2, 0.25) is 5.91 Å². The first-order valence-corrected chi connectivity index (χ1v) is 14.6. The monoisotopic (exact) mass is 489 g/mol. The maximum Gasteiger partial charge on any atom is 0.223 e. The third-order valence-corrected chi connectivity index (χ3v) is 8.07. The van der Waals surface area contributed by atoms with E-state index in [0.29, 0.717) is 51.0 Å². The number of unbranched alkanes of at least 4 members (excludes halogenated alkanes) is 1. The molecule has 1 aliphatic heterocycles. The van der Waals surface area contributed by atoms with E-state index >= 15 is 0 Å². The number of Topliss-reactive ketones (excluding diaryl/α,β-unsaturated/α-hetero) is 2. The Balaban J connectivity index is 2.02. The summed E-state index contributed by atoms with van der Waals surface area (Å²) in [6.45, 7) is 8.68. The molecule has 186 valence electrons. The first kappa shape index (κ1) is 29.5. The number of carbonyl (C=O) groups is 3. The van der Waals surface area contributed by atoms with Crippen LogP contribution in [0.25, 0.3) is 0 Å². The summed E-state index contributed by atoms with van der Waals surface area (Å²) in [5, 5.41) is 9.92. The van der Waals surface area contributed by atoms with Crippen LogP contribution < -0.4 is 0 Å². The van der Waals surface area contributed by atoms with E-state index in [9.17, 15) is 19.5 Å². The van der Waals surface area contributed by atoms with Gasteiger partial charge in [-0.1, -0.05) is 35.4 Å². The van der Waals surface area contributed by atoms with Gasteiger partial charge in [-0.05, 0) is 46.0 Å². The fourth-order valence-corrected chi connectivity index (χ4v) is 5.74. The minimum Gasteiger partial charge on any atom is -0.391 e. The molecule has 2 atom stereocenters. The Kier molecular flexibility index (Phi) is 15.6. The van der Waals surface area contributed by atoms with E-state index in [1.165, 1.54) is 0 Å². The van der Waals surface area contributed by atoms with Crippen LogP contribution >= 0.6 is 21.6 Å². The summed E-state index contributed by atoms with van der Waals surface area (Å²) in [7, 11) is 3.52. The maximum atomic E-state index is 12.5. The van der Waals surface area contributed by atoms with Crippen molar-refractivity contribution in [2.75, 3.05) is 24.7 Å². The second-order valence-corrected chi connectivity index (χ2v) is 11.9. The largest absolute Gasteiger partial charge is 0.391 e. The van der Waals surface area contributed by atoms with Gasteiger partial charge in [0.25, 0.3) is 0 Å². The molecule has 1 heterocycles. The van der Waals surface area contributed by atoms with Crippen molar-refractivity contribution in [3.8, 4) is 0 Å². The second-order valence-electron chi connectivity index (χ2n) is 9.19. The van der Waals surface area contributed by atoms with Crippen LogP contribution in [0.1, 0.15) is 85.5 Å². The number of aliphatic hydroxyl groups is 1. The van der Waals surface area contributed by atoms with Gasteiger partial charge in [-0.15, -0.1) is 0 Å². The standard InChI is InChI=1S/C24H43NO5S2/c1-18(2)23(28)11-6-5-9-21(26)10-7-13-31-32-14-8-12-24(29)25-16-22(27)15-20(25)17-30-19(3)4/h18-20,22,27H,5-17H2,1-4H3/t20-,22-/m0/s1. The fourth-order valence-electron chi connectivity index (χ4n) is 3.57. The van der Waals surface area contributed by atoms with Crippen LogP contribution in [0.15, 0.2) is 0 Å². The minimum atomic E-state index is -0.449. The number of nitrogens with zero attached hydrogens (tertiary/aromatic N) is 1. The summed E-state index contributed by atoms with van der Waals surface area (Å²) in [4.78, 5) is 37.8. The van der Waals surface area contributed by atoms with Crippen LogP contribution in [0.2, 0.25) is 0 Å². The Morgan fingerprint density at radius 3 is 2.16 bits per heavy atom. The van der Waals surface area contributed by atoms with E-state index in [2.05, 4.69) is 0 Å². The molecule has 0 unspecified atom stereocenters. The Bertz CT molecular complexity index is 571. The molecule has 0 aliphatic carbocycles. The Hall–Kier alpha value is -0.570. The number of carbonyl (C=O) groups excluding carboxylic acids is 3. The Morgan fingerprint density at radius 2 is 1.53 bits per heavy atom. The Morgan fingerprint density at radius 1 is 0.938 bits per heavy atom. The molecule has 0 saturated carbocycles. The fraction of sp³-hybridized carbons (Fsp3) is 0.875. The lowest BCUT2D eigenvalue weighted by atomic mass is 10.0. The second kappa shape index (κ2) is 17.0. The number of hydrogen-bond donors (Lipinski definition) is 1. The van der Waals surface area contributed by atoms with Crippen molar-refractivity contribution in [2.24, 2.45) is 5.92 Å². The highest BCUT2D eigenvalue weighted by Gasteiger charge is 2.34. The number of likely N-dealkylation sites (tertiary alicyclic amines) is 1. The highest BCUT2D eigenvalue weighted by atomic mass is 33.1. The number of ketones is 2. The zero-order valence-electron chi connectivity index (χ0n) is 20.3. The smallest absolute Gasteiger partial charge is 0.223 e. The molecule has 0 spiro atoms. The molecule has 0 radical (unpaired) electrons. The summed E-state index contributed by atoms with van der Waals surface area (Å²) in [6, 6.07) is -0.0184. The summed E-state index contributed by atoms with van der Waals surface area (Å²) < 4.78 is 5.65. The normalized spacial score (nSPS) is 18.7. The molecule has 0 aromatic carbocycles. The minimum absolute atomic E-state index is 0.0184. The lowest BCUT2D eigenvalue weighted by Crippen LogP contribution is -2.39. The van der Waals surface area contributed by atoms with Crippen molar-refractivity contribution >= 4 is 39.1 Å². The molecule has 32 heavy (non-hydrogen) atoms. The molecule has 1 aliphatic rings. The van der Waals surface area contributed by atoms with Crippen LogP contribution in [0.5, 0.6) is 0 Å². The average molecular weight is 490 g/mol. The third-order valence-electron chi connectivity index (χ3n) is 5.49. The van der Waals surface area contributed by atoms with Crippen LogP contribution in [-0.2, 0) is 19.1 Å². The average Bonchev–Trinajstić information content (AvgIpc) is 3.11. The summed E-state index contributed by atoms with van der Waals surface area (Å²) >= 11 is 0. The zero-order chi connectivity index (χ0) is 23.9. The molecule has 1 rings (SSSR count). The molecule has 0 bridgehead atoms. The molecule has 8 heteroatoms. The van der Waals surface area contributed by atoms with E-state index in [-0.39, 0.29) is 29.8 Å². The molecule has 0 aromatic heterocycles. The summed E-state index contributed by atoms with van der Waals surface area (Å²) in [5.74, 6) is 2.60. The van der Waals surface area contributed by atoms with Crippen LogP contribution in [-0.4, -0.2) is 70.4 Å². The van der Waals surface area contributed by atoms with Crippen molar-refractivity contribution in [3.05, 3.63) is 0 Å². The van der Waals surface area contributed by atoms with Gasteiger partial charge in [0.15, 0.2) is 0 Å².